The summed E-state index contributed by atoms with van der Waals surface area (Å²) in [6.07, 6.45) is 3.43. The maximum absolute atomic E-state index is 12.6. The van der Waals surface area contributed by atoms with Crippen molar-refractivity contribution in [1.82, 2.24) is 0 Å². The number of aliphatic hydroxyl groups excluding tert-OH is 1. The zero-order valence-corrected chi connectivity index (χ0v) is 21.4. The summed E-state index contributed by atoms with van der Waals surface area (Å²) in [5, 5.41) is 23.3. The standard InChI is InChI=1S/C29H31N3O6/c1-3-31(14-15-33)24-10-12-27(20(2)16-24)30-29(34)38-19-23-17-25(32(35)36)11-13-28(23)37-18-22-9-8-21-6-4-5-7-26(21)22/h4-13,16-17,22,33H,3,14-15,18-19H2,1-2H3,(H,30,34). The van der Waals surface area contributed by atoms with E-state index in [1.807, 2.05) is 49.1 Å². The van der Waals surface area contributed by atoms with Crippen LogP contribution in [-0.4, -0.2) is 42.4 Å². The highest BCUT2D eigenvalue weighted by Crippen LogP contribution is 2.32. The summed E-state index contributed by atoms with van der Waals surface area (Å²) >= 11 is 0. The Balaban J connectivity index is 1.41. The van der Waals surface area contributed by atoms with Crippen molar-refractivity contribution in [2.45, 2.75) is 26.4 Å². The van der Waals surface area contributed by atoms with Gasteiger partial charge in [0.05, 0.1) is 18.1 Å². The van der Waals surface area contributed by atoms with Gasteiger partial charge < -0.3 is 19.5 Å². The summed E-state index contributed by atoms with van der Waals surface area (Å²) in [5.74, 6) is 0.482. The van der Waals surface area contributed by atoms with Crippen LogP contribution >= 0.6 is 0 Å². The maximum Gasteiger partial charge on any atom is 0.411 e. The van der Waals surface area contributed by atoms with Crippen molar-refractivity contribution >= 4 is 29.2 Å². The number of amides is 1. The molecule has 3 aromatic carbocycles. The van der Waals surface area contributed by atoms with Gasteiger partial charge in [-0.15, -0.1) is 0 Å². The molecule has 198 valence electrons. The lowest BCUT2D eigenvalue weighted by Gasteiger charge is -2.23. The van der Waals surface area contributed by atoms with Crippen molar-refractivity contribution in [1.29, 1.82) is 0 Å². The Hall–Kier alpha value is -4.37. The Morgan fingerprint density at radius 3 is 2.71 bits per heavy atom. The first-order chi connectivity index (χ1) is 18.4. The molecule has 38 heavy (non-hydrogen) atoms. The smallest absolute Gasteiger partial charge is 0.411 e. The Morgan fingerprint density at radius 2 is 1.97 bits per heavy atom. The molecule has 1 atom stereocenters. The molecule has 1 aliphatic rings. The fraction of sp³-hybridized carbons (Fsp3) is 0.276. The first-order valence-electron chi connectivity index (χ1n) is 12.5. The van der Waals surface area contributed by atoms with Crippen LogP contribution in [0.3, 0.4) is 0 Å². The first kappa shape index (κ1) is 26.7. The molecule has 0 bridgehead atoms. The van der Waals surface area contributed by atoms with Crippen molar-refractivity contribution in [3.8, 4) is 5.75 Å². The summed E-state index contributed by atoms with van der Waals surface area (Å²) in [5.41, 5.74) is 4.95. The van der Waals surface area contributed by atoms with Gasteiger partial charge in [-0.3, -0.25) is 15.4 Å². The van der Waals surface area contributed by atoms with Crippen molar-refractivity contribution in [2.75, 3.05) is 36.5 Å². The second kappa shape index (κ2) is 12.2. The number of nitro benzene ring substituents is 1. The van der Waals surface area contributed by atoms with Crippen LogP contribution in [-0.2, 0) is 11.3 Å². The molecule has 4 rings (SSSR count). The highest BCUT2D eigenvalue weighted by Gasteiger charge is 2.20. The number of likely N-dealkylation sites (N-methyl/N-ethyl adjacent to an activating group) is 1. The average Bonchev–Trinajstić information content (AvgIpc) is 3.33. The number of hydrogen-bond donors (Lipinski definition) is 2. The topological polar surface area (TPSA) is 114 Å². The Morgan fingerprint density at radius 1 is 1.16 bits per heavy atom. The number of nitrogens with zero attached hydrogens (tertiary/aromatic N) is 2. The van der Waals surface area contributed by atoms with Gasteiger partial charge in [-0.25, -0.2) is 4.79 Å². The molecule has 3 aromatic rings. The molecule has 0 heterocycles. The van der Waals surface area contributed by atoms with Crippen LogP contribution in [0.25, 0.3) is 6.08 Å². The van der Waals surface area contributed by atoms with Crippen molar-refractivity contribution in [3.05, 3.63) is 99.1 Å². The van der Waals surface area contributed by atoms with Crippen molar-refractivity contribution in [2.24, 2.45) is 0 Å². The van der Waals surface area contributed by atoms with E-state index < -0.39 is 11.0 Å². The minimum atomic E-state index is -0.686. The number of rotatable bonds is 11. The zero-order chi connectivity index (χ0) is 27.1. The number of aliphatic hydroxyl groups is 1. The normalized spacial score (nSPS) is 13.6. The fourth-order valence-corrected chi connectivity index (χ4v) is 4.45. The minimum absolute atomic E-state index is 0.0488. The van der Waals surface area contributed by atoms with Gasteiger partial charge in [-0.05, 0) is 54.8 Å². The Kier molecular flexibility index (Phi) is 8.60. The van der Waals surface area contributed by atoms with Crippen LogP contribution in [0.1, 0.15) is 35.1 Å². The highest BCUT2D eigenvalue weighted by molar-refractivity contribution is 5.86. The molecular formula is C29H31N3O6. The molecule has 0 radical (unpaired) electrons. The van der Waals surface area contributed by atoms with Crippen LogP contribution in [0, 0.1) is 17.0 Å². The summed E-state index contributed by atoms with van der Waals surface area (Å²) in [6.45, 7) is 5.33. The molecule has 0 aromatic heterocycles. The van der Waals surface area contributed by atoms with E-state index >= 15 is 0 Å². The summed E-state index contributed by atoms with van der Waals surface area (Å²) in [7, 11) is 0. The molecule has 1 aliphatic carbocycles. The third-order valence-electron chi connectivity index (χ3n) is 6.50. The quantitative estimate of drug-likeness (QED) is 0.249. The van der Waals surface area contributed by atoms with E-state index in [9.17, 15) is 20.0 Å². The van der Waals surface area contributed by atoms with E-state index in [2.05, 4.69) is 23.5 Å². The molecule has 0 aliphatic heterocycles. The van der Waals surface area contributed by atoms with Crippen LogP contribution < -0.4 is 15.0 Å². The molecule has 9 heteroatoms. The molecule has 9 nitrogen and oxygen atoms in total. The van der Waals surface area contributed by atoms with Crippen LogP contribution in [0.2, 0.25) is 0 Å². The fourth-order valence-electron chi connectivity index (χ4n) is 4.45. The molecule has 0 spiro atoms. The summed E-state index contributed by atoms with van der Waals surface area (Å²) < 4.78 is 11.5. The predicted octanol–water partition coefficient (Wildman–Crippen LogP) is 5.66. The molecule has 2 N–H and O–H groups in total. The third kappa shape index (κ3) is 6.30. The molecule has 0 fully saturated rings. The summed E-state index contributed by atoms with van der Waals surface area (Å²) in [4.78, 5) is 25.5. The van der Waals surface area contributed by atoms with E-state index in [0.29, 0.717) is 30.2 Å². The molecule has 1 unspecified atom stereocenters. The van der Waals surface area contributed by atoms with Crippen LogP contribution in [0.15, 0.2) is 66.7 Å². The number of aryl methyl sites for hydroxylation is 1. The third-order valence-corrected chi connectivity index (χ3v) is 6.50. The molecular weight excluding hydrogens is 486 g/mol. The zero-order valence-electron chi connectivity index (χ0n) is 21.4. The van der Waals surface area contributed by atoms with Gasteiger partial charge >= 0.3 is 6.09 Å². The van der Waals surface area contributed by atoms with E-state index in [1.165, 1.54) is 18.2 Å². The van der Waals surface area contributed by atoms with E-state index in [4.69, 9.17) is 9.47 Å². The van der Waals surface area contributed by atoms with Gasteiger partial charge in [0.2, 0.25) is 0 Å². The lowest BCUT2D eigenvalue weighted by Crippen LogP contribution is -2.26. The number of ether oxygens (including phenoxy) is 2. The average molecular weight is 518 g/mol. The van der Waals surface area contributed by atoms with Gasteiger partial charge in [0.15, 0.2) is 0 Å². The Labute approximate surface area is 221 Å². The number of nitrogens with one attached hydrogen (secondary N) is 1. The Bertz CT molecular complexity index is 1340. The number of benzene rings is 3. The monoisotopic (exact) mass is 517 g/mol. The second-order valence-electron chi connectivity index (χ2n) is 8.96. The van der Waals surface area contributed by atoms with Gasteiger partial charge in [0.1, 0.15) is 12.4 Å². The molecule has 1 amide bonds. The second-order valence-corrected chi connectivity index (χ2v) is 8.96. The number of non-ortho nitro benzene ring substituents is 1. The summed E-state index contributed by atoms with van der Waals surface area (Å²) in [6, 6.07) is 17.9. The van der Waals surface area contributed by atoms with Gasteiger partial charge in [0.25, 0.3) is 5.69 Å². The molecule has 0 saturated carbocycles. The lowest BCUT2D eigenvalue weighted by molar-refractivity contribution is -0.385. The van der Waals surface area contributed by atoms with E-state index in [0.717, 1.165) is 28.9 Å². The minimum Gasteiger partial charge on any atom is -0.492 e. The number of carbonyl (C=O) groups is 1. The first-order valence-corrected chi connectivity index (χ1v) is 12.5. The van der Waals surface area contributed by atoms with Crippen LogP contribution in [0.4, 0.5) is 21.9 Å². The number of carbonyl (C=O) groups excluding carboxylic acids is 1. The lowest BCUT2D eigenvalue weighted by atomic mass is 10.0. The van der Waals surface area contributed by atoms with Gasteiger partial charge in [0, 0.05) is 48.1 Å². The van der Waals surface area contributed by atoms with Gasteiger partial charge in [-0.1, -0.05) is 36.4 Å². The number of hydrogen-bond acceptors (Lipinski definition) is 7. The largest absolute Gasteiger partial charge is 0.492 e. The van der Waals surface area contributed by atoms with Crippen molar-refractivity contribution in [3.63, 3.8) is 0 Å². The molecule has 0 saturated heterocycles. The maximum atomic E-state index is 12.6. The SMILES string of the molecule is CCN(CCO)c1ccc(NC(=O)OCc2cc([N+](=O)[O-])ccc2OCC2C=Cc3ccccc32)c(C)c1. The van der Waals surface area contributed by atoms with Crippen molar-refractivity contribution < 1.29 is 24.3 Å². The van der Waals surface area contributed by atoms with E-state index in [-0.39, 0.29) is 24.8 Å². The number of anilines is 2. The number of fused-ring (bicyclic) bond motifs is 1. The van der Waals surface area contributed by atoms with Crippen LogP contribution in [0.5, 0.6) is 5.75 Å². The predicted molar refractivity (Wildman–Crippen MR) is 147 cm³/mol. The van der Waals surface area contributed by atoms with E-state index in [1.54, 1.807) is 6.07 Å². The van der Waals surface area contributed by atoms with Gasteiger partial charge in [-0.2, -0.15) is 0 Å². The highest BCUT2D eigenvalue weighted by atomic mass is 16.6. The number of nitro groups is 1.